The van der Waals surface area contributed by atoms with Crippen LogP contribution in [0.4, 0.5) is 0 Å². The van der Waals surface area contributed by atoms with Gasteiger partial charge in [-0.05, 0) is 45.4 Å². The zero-order valence-electron chi connectivity index (χ0n) is 13.7. The van der Waals surface area contributed by atoms with Crippen molar-refractivity contribution in [1.82, 2.24) is 10.2 Å². The molecule has 1 N–H and O–H groups in total. The van der Waals surface area contributed by atoms with Gasteiger partial charge in [-0.3, -0.25) is 4.79 Å². The van der Waals surface area contributed by atoms with Crippen molar-refractivity contribution in [3.05, 3.63) is 34.3 Å². The lowest BCUT2D eigenvalue weighted by Gasteiger charge is -2.36. The molecule has 21 heavy (non-hydrogen) atoms. The van der Waals surface area contributed by atoms with E-state index in [-0.39, 0.29) is 11.9 Å². The van der Waals surface area contributed by atoms with Gasteiger partial charge < -0.3 is 10.2 Å². The first-order valence-electron chi connectivity index (χ1n) is 7.65. The van der Waals surface area contributed by atoms with Crippen molar-refractivity contribution < 1.29 is 4.79 Å². The number of hydrogen-bond acceptors (Lipinski definition) is 2. The molecule has 3 nitrogen and oxygen atoms in total. The Bertz CT molecular complexity index is 474. The molecule has 1 unspecified atom stereocenters. The maximum atomic E-state index is 12.9. The highest BCUT2D eigenvalue weighted by atomic mass is 79.9. The molecule has 4 heteroatoms. The summed E-state index contributed by atoms with van der Waals surface area (Å²) in [4.78, 5) is 14.9. The molecule has 0 aliphatic rings. The number of likely N-dealkylation sites (N-methyl/N-ethyl adjacent to an activating group) is 1. The van der Waals surface area contributed by atoms with E-state index in [9.17, 15) is 4.79 Å². The molecule has 0 heterocycles. The van der Waals surface area contributed by atoms with Crippen LogP contribution in [0.2, 0.25) is 0 Å². The summed E-state index contributed by atoms with van der Waals surface area (Å²) in [5.41, 5.74) is 0.603. The number of carbonyl (C=O) groups excluding carboxylic acids is 1. The standard InChI is InChI=1S/C17H27BrN2O/c1-6-12-20(16(21)17(4,5)19-7-2)13(3)14-10-8-9-11-15(14)18/h8-11,13,19H,6-7,12H2,1-5H3. The molecule has 0 aromatic heterocycles. The molecule has 0 radical (unpaired) electrons. The first kappa shape index (κ1) is 18.2. The summed E-state index contributed by atoms with van der Waals surface area (Å²) in [6.45, 7) is 11.7. The van der Waals surface area contributed by atoms with Crippen LogP contribution in [0.25, 0.3) is 0 Å². The highest BCUT2D eigenvalue weighted by molar-refractivity contribution is 9.10. The predicted octanol–water partition coefficient (Wildman–Crippen LogP) is 4.14. The molecule has 118 valence electrons. The number of amides is 1. The van der Waals surface area contributed by atoms with Gasteiger partial charge in [0.2, 0.25) is 5.91 Å². The predicted molar refractivity (Wildman–Crippen MR) is 92.3 cm³/mol. The largest absolute Gasteiger partial charge is 0.334 e. The van der Waals surface area contributed by atoms with Gasteiger partial charge in [-0.1, -0.05) is 48.0 Å². The van der Waals surface area contributed by atoms with Gasteiger partial charge in [-0.2, -0.15) is 0 Å². The van der Waals surface area contributed by atoms with Gasteiger partial charge in [-0.15, -0.1) is 0 Å². The number of nitrogens with one attached hydrogen (secondary N) is 1. The first-order chi connectivity index (χ1) is 9.85. The number of hydrogen-bond donors (Lipinski definition) is 1. The monoisotopic (exact) mass is 354 g/mol. The lowest BCUT2D eigenvalue weighted by atomic mass is 9.99. The second kappa shape index (κ2) is 7.95. The van der Waals surface area contributed by atoms with Gasteiger partial charge in [0.1, 0.15) is 0 Å². The summed E-state index contributed by atoms with van der Waals surface area (Å²) in [6.07, 6.45) is 0.947. The molecule has 0 aliphatic heterocycles. The second-order valence-electron chi connectivity index (χ2n) is 5.85. The van der Waals surface area contributed by atoms with Crippen molar-refractivity contribution in [3.63, 3.8) is 0 Å². The fourth-order valence-electron chi connectivity index (χ4n) is 2.57. The maximum Gasteiger partial charge on any atom is 0.242 e. The molecule has 0 saturated heterocycles. The molecule has 1 rings (SSSR count). The van der Waals surface area contributed by atoms with Crippen LogP contribution in [0.3, 0.4) is 0 Å². The SMILES string of the molecule is CCCN(C(=O)C(C)(C)NCC)C(C)c1ccccc1Br. The highest BCUT2D eigenvalue weighted by Crippen LogP contribution is 2.29. The van der Waals surface area contributed by atoms with Crippen molar-refractivity contribution in [2.75, 3.05) is 13.1 Å². The highest BCUT2D eigenvalue weighted by Gasteiger charge is 2.33. The van der Waals surface area contributed by atoms with Gasteiger partial charge in [0, 0.05) is 11.0 Å². The molecule has 0 aliphatic carbocycles. The Morgan fingerprint density at radius 1 is 1.33 bits per heavy atom. The minimum atomic E-state index is -0.542. The van der Waals surface area contributed by atoms with E-state index in [1.807, 2.05) is 43.9 Å². The number of halogens is 1. The zero-order valence-corrected chi connectivity index (χ0v) is 15.3. The molecule has 1 amide bonds. The second-order valence-corrected chi connectivity index (χ2v) is 6.71. The van der Waals surface area contributed by atoms with E-state index in [1.165, 1.54) is 0 Å². The normalized spacial score (nSPS) is 13.0. The Morgan fingerprint density at radius 3 is 2.48 bits per heavy atom. The maximum absolute atomic E-state index is 12.9. The lowest BCUT2D eigenvalue weighted by Crippen LogP contribution is -2.54. The Kier molecular flexibility index (Phi) is 6.88. The zero-order chi connectivity index (χ0) is 16.0. The number of nitrogens with zero attached hydrogens (tertiary/aromatic N) is 1. The third-order valence-electron chi connectivity index (χ3n) is 3.70. The Morgan fingerprint density at radius 2 is 1.95 bits per heavy atom. The molecular formula is C17H27BrN2O. The summed E-state index contributed by atoms with van der Waals surface area (Å²) >= 11 is 3.59. The van der Waals surface area contributed by atoms with Crippen LogP contribution in [0.5, 0.6) is 0 Å². The van der Waals surface area contributed by atoms with E-state index < -0.39 is 5.54 Å². The van der Waals surface area contributed by atoms with Crippen LogP contribution in [0.1, 0.15) is 52.6 Å². The van der Waals surface area contributed by atoms with Crippen molar-refractivity contribution in [3.8, 4) is 0 Å². The number of rotatable bonds is 7. The third-order valence-corrected chi connectivity index (χ3v) is 4.42. The smallest absolute Gasteiger partial charge is 0.242 e. The topological polar surface area (TPSA) is 32.3 Å². The Labute approximate surface area is 137 Å². The Balaban J connectivity index is 3.06. The molecule has 0 fully saturated rings. The fourth-order valence-corrected chi connectivity index (χ4v) is 3.19. The van der Waals surface area contributed by atoms with Crippen LogP contribution in [-0.4, -0.2) is 29.4 Å². The van der Waals surface area contributed by atoms with E-state index >= 15 is 0 Å². The van der Waals surface area contributed by atoms with Gasteiger partial charge in [0.05, 0.1) is 11.6 Å². The fraction of sp³-hybridized carbons (Fsp3) is 0.588. The van der Waals surface area contributed by atoms with Crippen molar-refractivity contribution in [2.24, 2.45) is 0 Å². The molecular weight excluding hydrogens is 328 g/mol. The minimum absolute atomic E-state index is 0.0472. The van der Waals surface area contributed by atoms with E-state index in [2.05, 4.69) is 41.2 Å². The Hall–Kier alpha value is -0.870. The van der Waals surface area contributed by atoms with Crippen molar-refractivity contribution in [2.45, 2.75) is 52.6 Å². The summed E-state index contributed by atoms with van der Waals surface area (Å²) in [6, 6.07) is 8.15. The molecule has 1 aromatic rings. The average molecular weight is 355 g/mol. The van der Waals surface area contributed by atoms with Gasteiger partial charge >= 0.3 is 0 Å². The summed E-state index contributed by atoms with van der Waals surface area (Å²) < 4.78 is 1.05. The number of carbonyl (C=O) groups is 1. The van der Waals surface area contributed by atoms with Gasteiger partial charge in [0.25, 0.3) is 0 Å². The molecule has 0 saturated carbocycles. The quantitative estimate of drug-likeness (QED) is 0.797. The van der Waals surface area contributed by atoms with E-state index in [4.69, 9.17) is 0 Å². The molecule has 0 spiro atoms. The van der Waals surface area contributed by atoms with Crippen molar-refractivity contribution >= 4 is 21.8 Å². The van der Waals surface area contributed by atoms with Crippen LogP contribution < -0.4 is 5.32 Å². The third kappa shape index (κ3) is 4.55. The molecule has 1 aromatic carbocycles. The average Bonchev–Trinajstić information content (AvgIpc) is 2.44. The summed E-state index contributed by atoms with van der Waals surface area (Å²) in [5.74, 6) is 0.148. The molecule has 0 bridgehead atoms. The van der Waals surface area contributed by atoms with Crippen LogP contribution in [0.15, 0.2) is 28.7 Å². The molecule has 1 atom stereocenters. The summed E-state index contributed by atoms with van der Waals surface area (Å²) in [7, 11) is 0. The van der Waals surface area contributed by atoms with Gasteiger partial charge in [-0.25, -0.2) is 0 Å². The van der Waals surface area contributed by atoms with Crippen LogP contribution >= 0.6 is 15.9 Å². The van der Waals surface area contributed by atoms with E-state index in [0.717, 1.165) is 29.5 Å². The summed E-state index contributed by atoms with van der Waals surface area (Å²) in [5, 5.41) is 3.28. The van der Waals surface area contributed by atoms with Crippen LogP contribution in [0, 0.1) is 0 Å². The minimum Gasteiger partial charge on any atom is -0.334 e. The van der Waals surface area contributed by atoms with Crippen molar-refractivity contribution in [1.29, 1.82) is 0 Å². The van der Waals surface area contributed by atoms with E-state index in [1.54, 1.807) is 0 Å². The van der Waals surface area contributed by atoms with Gasteiger partial charge in [0.15, 0.2) is 0 Å². The van der Waals surface area contributed by atoms with Crippen LogP contribution in [-0.2, 0) is 4.79 Å². The van der Waals surface area contributed by atoms with E-state index in [0.29, 0.717) is 0 Å². The number of benzene rings is 1. The lowest BCUT2D eigenvalue weighted by molar-refractivity contribution is -0.139. The first-order valence-corrected chi connectivity index (χ1v) is 8.45.